The van der Waals surface area contributed by atoms with Crippen LogP contribution in [0.2, 0.25) is 5.02 Å². The van der Waals surface area contributed by atoms with E-state index in [4.69, 9.17) is 17.3 Å². The molecular weight excluding hydrogens is 290 g/mol. The fourth-order valence-electron chi connectivity index (χ4n) is 3.16. The van der Waals surface area contributed by atoms with Crippen LogP contribution < -0.4 is 11.1 Å². The van der Waals surface area contributed by atoms with Crippen molar-refractivity contribution < 1.29 is 4.92 Å². The van der Waals surface area contributed by atoms with Crippen molar-refractivity contribution in [2.24, 2.45) is 11.7 Å². The summed E-state index contributed by atoms with van der Waals surface area (Å²) in [5.41, 5.74) is 7.49. The van der Waals surface area contributed by atoms with Crippen LogP contribution in [0.25, 0.3) is 0 Å². The zero-order valence-electron chi connectivity index (χ0n) is 12.5. The number of hydrogen-bond acceptors (Lipinski definition) is 4. The lowest BCUT2D eigenvalue weighted by Crippen LogP contribution is -2.52. The number of nitro groups is 1. The molecule has 1 aliphatic carbocycles. The molecule has 0 radical (unpaired) electrons. The lowest BCUT2D eigenvalue weighted by atomic mass is 9.73. The molecule has 1 aliphatic rings. The first kappa shape index (κ1) is 16.0. The molecule has 0 bridgehead atoms. The third kappa shape index (κ3) is 3.14. The summed E-state index contributed by atoms with van der Waals surface area (Å²) in [5, 5.41) is 14.6. The number of rotatable bonds is 4. The Morgan fingerprint density at radius 2 is 2.24 bits per heavy atom. The van der Waals surface area contributed by atoms with Gasteiger partial charge in [0.25, 0.3) is 5.69 Å². The minimum absolute atomic E-state index is 0.0572. The quantitative estimate of drug-likeness (QED) is 0.653. The normalized spacial score (nSPS) is 25.6. The van der Waals surface area contributed by atoms with Crippen LogP contribution in [0, 0.1) is 23.0 Å². The van der Waals surface area contributed by atoms with Crippen LogP contribution in [0.5, 0.6) is 0 Å². The number of nitrogens with two attached hydrogens (primary N) is 1. The summed E-state index contributed by atoms with van der Waals surface area (Å²) in [5.74, 6) is 0.463. The Morgan fingerprint density at radius 3 is 2.81 bits per heavy atom. The fourth-order valence-corrected chi connectivity index (χ4v) is 3.40. The Bertz CT molecular complexity index is 550. The number of nitrogens with one attached hydrogen (secondary N) is 1. The van der Waals surface area contributed by atoms with Gasteiger partial charge in [0.15, 0.2) is 0 Å². The van der Waals surface area contributed by atoms with Crippen molar-refractivity contribution in [2.75, 3.05) is 11.9 Å². The van der Waals surface area contributed by atoms with Crippen LogP contribution in [-0.2, 0) is 0 Å². The molecule has 0 aliphatic heterocycles. The first-order valence-corrected chi connectivity index (χ1v) is 7.70. The van der Waals surface area contributed by atoms with Crippen LogP contribution in [0.15, 0.2) is 12.1 Å². The van der Waals surface area contributed by atoms with E-state index in [1.807, 2.05) is 6.92 Å². The van der Waals surface area contributed by atoms with Crippen LogP contribution in [0.4, 0.5) is 11.4 Å². The highest BCUT2D eigenvalue weighted by atomic mass is 35.5. The van der Waals surface area contributed by atoms with E-state index < -0.39 is 4.92 Å². The van der Waals surface area contributed by atoms with Crippen molar-refractivity contribution in [3.05, 3.63) is 32.8 Å². The molecule has 0 spiro atoms. The van der Waals surface area contributed by atoms with Crippen molar-refractivity contribution in [1.82, 2.24) is 0 Å². The van der Waals surface area contributed by atoms with Crippen molar-refractivity contribution in [3.63, 3.8) is 0 Å². The average molecular weight is 312 g/mol. The number of hydrogen-bond donors (Lipinski definition) is 2. The first-order chi connectivity index (χ1) is 9.89. The van der Waals surface area contributed by atoms with Gasteiger partial charge in [0.05, 0.1) is 10.5 Å². The number of anilines is 1. The van der Waals surface area contributed by atoms with Crippen molar-refractivity contribution in [1.29, 1.82) is 0 Å². The number of nitrogens with zero attached hydrogens (tertiary/aromatic N) is 1. The molecule has 6 heteroatoms. The average Bonchev–Trinajstić information content (AvgIpc) is 2.44. The van der Waals surface area contributed by atoms with E-state index in [1.165, 1.54) is 12.5 Å². The third-order valence-electron chi connectivity index (χ3n) is 4.69. The molecule has 1 aromatic rings. The van der Waals surface area contributed by atoms with Crippen LogP contribution in [0.1, 0.15) is 38.2 Å². The van der Waals surface area contributed by atoms with Gasteiger partial charge in [-0.3, -0.25) is 10.1 Å². The molecule has 3 N–H and O–H groups in total. The van der Waals surface area contributed by atoms with E-state index in [-0.39, 0.29) is 16.2 Å². The molecule has 2 unspecified atom stereocenters. The number of nitro benzene ring substituents is 1. The van der Waals surface area contributed by atoms with Gasteiger partial charge in [0, 0.05) is 18.3 Å². The molecule has 0 saturated heterocycles. The summed E-state index contributed by atoms with van der Waals surface area (Å²) < 4.78 is 0. The molecule has 5 nitrogen and oxygen atoms in total. The maximum Gasteiger partial charge on any atom is 0.288 e. The van der Waals surface area contributed by atoms with Crippen LogP contribution in [0.3, 0.4) is 0 Å². The summed E-state index contributed by atoms with van der Waals surface area (Å²) in [6, 6.07) is 3.16. The van der Waals surface area contributed by atoms with Crippen LogP contribution >= 0.6 is 11.6 Å². The molecule has 0 amide bonds. The number of halogens is 1. The van der Waals surface area contributed by atoms with Crippen molar-refractivity contribution >= 4 is 23.0 Å². The summed E-state index contributed by atoms with van der Waals surface area (Å²) in [4.78, 5) is 10.5. The van der Waals surface area contributed by atoms with Gasteiger partial charge < -0.3 is 11.1 Å². The molecule has 2 rings (SSSR count). The minimum Gasteiger partial charge on any atom is -0.378 e. The largest absolute Gasteiger partial charge is 0.378 e. The molecular formula is C15H22ClN3O2. The third-order valence-corrected chi connectivity index (χ3v) is 4.99. The predicted molar refractivity (Wildman–Crippen MR) is 85.9 cm³/mol. The van der Waals surface area contributed by atoms with Gasteiger partial charge in [-0.1, -0.05) is 31.4 Å². The molecule has 0 heterocycles. The van der Waals surface area contributed by atoms with Gasteiger partial charge in [0.2, 0.25) is 0 Å². The van der Waals surface area contributed by atoms with E-state index in [1.54, 1.807) is 6.07 Å². The van der Waals surface area contributed by atoms with E-state index in [9.17, 15) is 10.1 Å². The summed E-state index contributed by atoms with van der Waals surface area (Å²) in [7, 11) is 0. The Morgan fingerprint density at radius 1 is 1.52 bits per heavy atom. The second-order valence-electron chi connectivity index (χ2n) is 6.01. The van der Waals surface area contributed by atoms with E-state index in [2.05, 4.69) is 12.2 Å². The second kappa shape index (κ2) is 6.20. The lowest BCUT2D eigenvalue weighted by Gasteiger charge is -2.43. The molecule has 1 saturated carbocycles. The van der Waals surface area contributed by atoms with Crippen molar-refractivity contribution in [3.8, 4) is 0 Å². The van der Waals surface area contributed by atoms with Crippen LogP contribution in [-0.4, -0.2) is 17.0 Å². The van der Waals surface area contributed by atoms with Gasteiger partial charge in [-0.2, -0.15) is 0 Å². The standard InChI is InChI=1S/C15H22ClN3O2/c1-10-7-14(19(20)21)12(16)8-13(10)18-15(9-17)6-4-3-5-11(15)2/h7-8,11,18H,3-6,9,17H2,1-2H3. The van der Waals surface area contributed by atoms with Crippen molar-refractivity contribution in [2.45, 2.75) is 45.1 Å². The van der Waals surface area contributed by atoms with E-state index in [0.717, 1.165) is 30.5 Å². The zero-order chi connectivity index (χ0) is 15.6. The van der Waals surface area contributed by atoms with Gasteiger partial charge in [-0.15, -0.1) is 0 Å². The zero-order valence-corrected chi connectivity index (χ0v) is 13.2. The SMILES string of the molecule is Cc1cc([N+](=O)[O-])c(Cl)cc1NC1(CN)CCCCC1C. The van der Waals surface area contributed by atoms with Gasteiger partial charge in [-0.25, -0.2) is 0 Å². The predicted octanol–water partition coefficient (Wildman–Crippen LogP) is 3.88. The Kier molecular flexibility index (Phi) is 4.74. The maximum absolute atomic E-state index is 10.9. The Labute approximate surface area is 130 Å². The smallest absolute Gasteiger partial charge is 0.288 e. The number of benzene rings is 1. The van der Waals surface area contributed by atoms with E-state index in [0.29, 0.717) is 12.5 Å². The number of aryl methyl sites for hydroxylation is 1. The Balaban J connectivity index is 2.34. The van der Waals surface area contributed by atoms with Gasteiger partial charge in [0.1, 0.15) is 5.02 Å². The van der Waals surface area contributed by atoms with E-state index >= 15 is 0 Å². The second-order valence-corrected chi connectivity index (χ2v) is 6.41. The summed E-state index contributed by atoms with van der Waals surface area (Å²) in [6.45, 7) is 4.60. The van der Waals surface area contributed by atoms with Gasteiger partial charge >= 0.3 is 0 Å². The molecule has 2 atom stereocenters. The monoisotopic (exact) mass is 311 g/mol. The highest BCUT2D eigenvalue weighted by Gasteiger charge is 2.37. The molecule has 116 valence electrons. The topological polar surface area (TPSA) is 81.2 Å². The lowest BCUT2D eigenvalue weighted by molar-refractivity contribution is -0.384. The summed E-state index contributed by atoms with van der Waals surface area (Å²) >= 11 is 6.03. The molecule has 1 fully saturated rings. The first-order valence-electron chi connectivity index (χ1n) is 7.32. The maximum atomic E-state index is 10.9. The van der Waals surface area contributed by atoms with Gasteiger partial charge in [-0.05, 0) is 37.3 Å². The highest BCUT2D eigenvalue weighted by molar-refractivity contribution is 6.33. The molecule has 21 heavy (non-hydrogen) atoms. The Hall–Kier alpha value is -1.33. The molecule has 0 aromatic heterocycles. The molecule has 1 aromatic carbocycles. The summed E-state index contributed by atoms with van der Waals surface area (Å²) in [6.07, 6.45) is 4.53. The highest BCUT2D eigenvalue weighted by Crippen LogP contribution is 2.38. The minimum atomic E-state index is -0.457. The fraction of sp³-hybridized carbons (Fsp3) is 0.600.